The fourth-order valence-electron chi connectivity index (χ4n) is 1.82. The van der Waals surface area contributed by atoms with Gasteiger partial charge in [0.15, 0.2) is 0 Å². The standard InChI is InChI=1S/C14H12F3N3S/c1-20(7-6-11-3-2-8-21-11)13-10(9-18)4-5-12(19-13)14(15,16)17/h2-5,8H,6-7H2,1H3. The number of alkyl halides is 3. The number of pyridine rings is 1. The fraction of sp³-hybridized carbons (Fsp3) is 0.286. The lowest BCUT2D eigenvalue weighted by molar-refractivity contribution is -0.141. The van der Waals surface area contributed by atoms with Gasteiger partial charge < -0.3 is 4.90 Å². The summed E-state index contributed by atoms with van der Waals surface area (Å²) in [5.41, 5.74) is -0.851. The first-order chi connectivity index (χ1) is 9.91. The van der Waals surface area contributed by atoms with Gasteiger partial charge in [-0.15, -0.1) is 11.3 Å². The smallest absolute Gasteiger partial charge is 0.358 e. The first-order valence-electron chi connectivity index (χ1n) is 6.13. The Morgan fingerprint density at radius 2 is 2.10 bits per heavy atom. The van der Waals surface area contributed by atoms with Gasteiger partial charge in [-0.3, -0.25) is 0 Å². The van der Waals surface area contributed by atoms with Gasteiger partial charge in [-0.1, -0.05) is 6.07 Å². The molecule has 0 N–H and O–H groups in total. The number of thiophene rings is 1. The Morgan fingerprint density at radius 3 is 2.67 bits per heavy atom. The second-order valence-electron chi connectivity index (χ2n) is 4.43. The van der Waals surface area contributed by atoms with Crippen LogP contribution in [0, 0.1) is 11.3 Å². The van der Waals surface area contributed by atoms with E-state index in [-0.39, 0.29) is 11.4 Å². The molecule has 2 aromatic heterocycles. The van der Waals surface area contributed by atoms with E-state index in [1.807, 2.05) is 23.6 Å². The van der Waals surface area contributed by atoms with Crippen molar-refractivity contribution in [2.75, 3.05) is 18.5 Å². The van der Waals surface area contributed by atoms with Crippen molar-refractivity contribution in [3.8, 4) is 6.07 Å². The molecule has 0 aliphatic heterocycles. The van der Waals surface area contributed by atoms with Crippen molar-refractivity contribution in [3.05, 3.63) is 45.8 Å². The first kappa shape index (κ1) is 15.3. The topological polar surface area (TPSA) is 39.9 Å². The van der Waals surface area contributed by atoms with E-state index in [1.54, 1.807) is 23.3 Å². The molecule has 0 unspecified atom stereocenters. The summed E-state index contributed by atoms with van der Waals surface area (Å²) < 4.78 is 38.1. The molecule has 2 heterocycles. The number of nitrogens with zero attached hydrogens (tertiary/aromatic N) is 3. The molecule has 2 aromatic rings. The average molecular weight is 311 g/mol. The predicted molar refractivity (Wildman–Crippen MR) is 75.2 cm³/mol. The van der Waals surface area contributed by atoms with Gasteiger partial charge in [0.05, 0.1) is 5.56 Å². The number of likely N-dealkylation sites (N-methyl/N-ethyl adjacent to an activating group) is 1. The quantitative estimate of drug-likeness (QED) is 0.864. The lowest BCUT2D eigenvalue weighted by Crippen LogP contribution is -2.23. The Hall–Kier alpha value is -2.07. The molecule has 0 amide bonds. The highest BCUT2D eigenvalue weighted by Crippen LogP contribution is 2.30. The zero-order valence-electron chi connectivity index (χ0n) is 11.2. The van der Waals surface area contributed by atoms with E-state index in [4.69, 9.17) is 5.26 Å². The van der Waals surface area contributed by atoms with Crippen molar-refractivity contribution in [3.63, 3.8) is 0 Å². The summed E-state index contributed by atoms with van der Waals surface area (Å²) in [6, 6.07) is 7.75. The van der Waals surface area contributed by atoms with Gasteiger partial charge in [0.25, 0.3) is 0 Å². The molecule has 21 heavy (non-hydrogen) atoms. The average Bonchev–Trinajstić information content (AvgIpc) is 2.96. The van der Waals surface area contributed by atoms with Crippen molar-refractivity contribution in [1.29, 1.82) is 5.26 Å². The molecular weight excluding hydrogens is 299 g/mol. The lowest BCUT2D eigenvalue weighted by Gasteiger charge is -2.20. The molecular formula is C14H12F3N3S. The third kappa shape index (κ3) is 3.73. The zero-order chi connectivity index (χ0) is 15.5. The van der Waals surface area contributed by atoms with Gasteiger partial charge in [0, 0.05) is 18.5 Å². The summed E-state index contributed by atoms with van der Waals surface area (Å²) in [6.45, 7) is 0.490. The van der Waals surface area contributed by atoms with Gasteiger partial charge in [0.2, 0.25) is 0 Å². The molecule has 0 aliphatic rings. The van der Waals surface area contributed by atoms with Crippen LogP contribution in [0.5, 0.6) is 0 Å². The van der Waals surface area contributed by atoms with E-state index in [0.29, 0.717) is 13.0 Å². The molecule has 0 fully saturated rings. The zero-order valence-corrected chi connectivity index (χ0v) is 12.0. The number of nitriles is 1. The summed E-state index contributed by atoms with van der Waals surface area (Å²) >= 11 is 1.59. The van der Waals surface area contributed by atoms with Crippen LogP contribution in [0.1, 0.15) is 16.1 Å². The highest BCUT2D eigenvalue weighted by Gasteiger charge is 2.33. The van der Waals surface area contributed by atoms with E-state index in [0.717, 1.165) is 17.0 Å². The molecule has 0 spiro atoms. The van der Waals surface area contributed by atoms with Crippen LogP contribution in [0.3, 0.4) is 0 Å². The number of hydrogen-bond donors (Lipinski definition) is 0. The van der Waals surface area contributed by atoms with Crippen LogP contribution >= 0.6 is 11.3 Å². The van der Waals surface area contributed by atoms with Gasteiger partial charge >= 0.3 is 6.18 Å². The Balaban J connectivity index is 2.22. The number of aromatic nitrogens is 1. The van der Waals surface area contributed by atoms with Crippen LogP contribution < -0.4 is 4.90 Å². The summed E-state index contributed by atoms with van der Waals surface area (Å²) in [5, 5.41) is 11.0. The Kier molecular flexibility index (Phi) is 4.48. The Morgan fingerprint density at radius 1 is 1.33 bits per heavy atom. The maximum atomic E-state index is 12.7. The third-order valence-electron chi connectivity index (χ3n) is 2.92. The predicted octanol–water partition coefficient (Wildman–Crippen LogP) is 3.71. The number of anilines is 1. The van der Waals surface area contributed by atoms with Crippen LogP contribution in [-0.4, -0.2) is 18.6 Å². The van der Waals surface area contributed by atoms with Crippen molar-refractivity contribution in [2.45, 2.75) is 12.6 Å². The van der Waals surface area contributed by atoms with E-state index >= 15 is 0 Å². The number of halogens is 3. The lowest BCUT2D eigenvalue weighted by atomic mass is 10.2. The molecule has 0 bridgehead atoms. The molecule has 0 saturated carbocycles. The van der Waals surface area contributed by atoms with Crippen molar-refractivity contribution in [2.24, 2.45) is 0 Å². The van der Waals surface area contributed by atoms with Crippen LogP contribution in [0.25, 0.3) is 0 Å². The Labute approximate surface area is 124 Å². The summed E-state index contributed by atoms with van der Waals surface area (Å²) in [5.74, 6) is 0.0591. The molecule has 3 nitrogen and oxygen atoms in total. The summed E-state index contributed by atoms with van der Waals surface area (Å²) in [4.78, 5) is 6.31. The van der Waals surface area contributed by atoms with Crippen LogP contribution in [0.4, 0.5) is 19.0 Å². The maximum Gasteiger partial charge on any atom is 0.433 e. The molecule has 0 aliphatic carbocycles. The first-order valence-corrected chi connectivity index (χ1v) is 7.01. The van der Waals surface area contributed by atoms with Crippen LogP contribution in [0.15, 0.2) is 29.6 Å². The molecule has 110 valence electrons. The molecule has 7 heteroatoms. The number of hydrogen-bond acceptors (Lipinski definition) is 4. The SMILES string of the molecule is CN(CCc1cccs1)c1nc(C(F)(F)F)ccc1C#N. The highest BCUT2D eigenvalue weighted by atomic mass is 32.1. The molecule has 0 atom stereocenters. The van der Waals surface area contributed by atoms with E-state index in [9.17, 15) is 13.2 Å². The Bertz CT molecular complexity index is 644. The van der Waals surface area contributed by atoms with E-state index < -0.39 is 11.9 Å². The van der Waals surface area contributed by atoms with Crippen molar-refractivity contribution >= 4 is 17.2 Å². The summed E-state index contributed by atoms with van der Waals surface area (Å²) in [7, 11) is 1.64. The molecule has 0 radical (unpaired) electrons. The minimum atomic E-state index is -4.52. The number of rotatable bonds is 4. The molecule has 0 saturated heterocycles. The minimum Gasteiger partial charge on any atom is -0.358 e. The second-order valence-corrected chi connectivity index (χ2v) is 5.46. The highest BCUT2D eigenvalue weighted by molar-refractivity contribution is 7.09. The van der Waals surface area contributed by atoms with Crippen molar-refractivity contribution in [1.82, 2.24) is 4.98 Å². The van der Waals surface area contributed by atoms with Gasteiger partial charge in [0.1, 0.15) is 17.6 Å². The summed E-state index contributed by atoms with van der Waals surface area (Å²) in [6.07, 6.45) is -3.83. The van der Waals surface area contributed by atoms with Crippen LogP contribution in [-0.2, 0) is 12.6 Å². The second kappa shape index (κ2) is 6.14. The maximum absolute atomic E-state index is 12.7. The third-order valence-corrected chi connectivity index (χ3v) is 3.86. The van der Waals surface area contributed by atoms with Gasteiger partial charge in [-0.2, -0.15) is 18.4 Å². The van der Waals surface area contributed by atoms with Crippen LogP contribution in [0.2, 0.25) is 0 Å². The van der Waals surface area contributed by atoms with E-state index in [1.165, 1.54) is 0 Å². The van der Waals surface area contributed by atoms with Crippen molar-refractivity contribution < 1.29 is 13.2 Å². The monoisotopic (exact) mass is 311 g/mol. The fourth-order valence-corrected chi connectivity index (χ4v) is 2.52. The van der Waals surface area contributed by atoms with Gasteiger partial charge in [-0.25, -0.2) is 4.98 Å². The molecule has 0 aromatic carbocycles. The molecule has 2 rings (SSSR count). The van der Waals surface area contributed by atoms with E-state index in [2.05, 4.69) is 4.98 Å². The van der Waals surface area contributed by atoms with Gasteiger partial charge in [-0.05, 0) is 30.0 Å². The minimum absolute atomic E-state index is 0.0591. The largest absolute Gasteiger partial charge is 0.433 e. The normalized spacial score (nSPS) is 11.2.